The lowest BCUT2D eigenvalue weighted by Gasteiger charge is -2.07. The molecule has 1 saturated heterocycles. The Morgan fingerprint density at radius 1 is 1.57 bits per heavy atom. The number of hydrogen-bond donors (Lipinski definition) is 1. The molecule has 2 heterocycles. The third-order valence-corrected chi connectivity index (χ3v) is 2.05. The first-order chi connectivity index (χ1) is 6.72. The molecular weight excluding hydrogens is 184 g/mol. The van der Waals surface area contributed by atoms with Crippen molar-refractivity contribution in [3.8, 4) is 0 Å². The lowest BCUT2D eigenvalue weighted by molar-refractivity contribution is -0.115. The lowest BCUT2D eigenvalue weighted by Crippen LogP contribution is -2.30. The molecule has 6 nitrogen and oxygen atoms in total. The van der Waals surface area contributed by atoms with Gasteiger partial charge in [-0.15, -0.1) is 0 Å². The summed E-state index contributed by atoms with van der Waals surface area (Å²) in [4.78, 5) is 23.6. The van der Waals surface area contributed by atoms with Crippen molar-refractivity contribution < 1.29 is 9.59 Å². The molecule has 0 unspecified atom stereocenters. The predicted molar refractivity (Wildman–Crippen MR) is 48.8 cm³/mol. The first-order valence-electron chi connectivity index (χ1n) is 4.35. The highest BCUT2D eigenvalue weighted by Gasteiger charge is 2.30. The van der Waals surface area contributed by atoms with Crippen molar-refractivity contribution in [2.45, 2.75) is 13.5 Å². The van der Waals surface area contributed by atoms with E-state index in [9.17, 15) is 9.59 Å². The number of nitrogens with zero attached hydrogens (tertiary/aromatic N) is 3. The molecule has 14 heavy (non-hydrogen) atoms. The van der Waals surface area contributed by atoms with Crippen LogP contribution in [0.4, 0.5) is 10.5 Å². The van der Waals surface area contributed by atoms with Crippen LogP contribution in [0, 0.1) is 0 Å². The van der Waals surface area contributed by atoms with Gasteiger partial charge in [0.1, 0.15) is 0 Å². The largest absolute Gasteiger partial charge is 0.329 e. The number of aromatic nitrogens is 2. The number of urea groups is 1. The SMILES string of the molecule is CCn1cc(N2C(=O)CNC2=O)cn1. The summed E-state index contributed by atoms with van der Waals surface area (Å²) >= 11 is 0. The Kier molecular flexibility index (Phi) is 1.95. The van der Waals surface area contributed by atoms with Crippen molar-refractivity contribution in [2.75, 3.05) is 11.4 Å². The van der Waals surface area contributed by atoms with Crippen LogP contribution in [-0.4, -0.2) is 28.3 Å². The van der Waals surface area contributed by atoms with Gasteiger partial charge in [-0.3, -0.25) is 9.48 Å². The number of carbonyl (C=O) groups excluding carboxylic acids is 2. The summed E-state index contributed by atoms with van der Waals surface area (Å²) in [5.74, 6) is -0.245. The fourth-order valence-electron chi connectivity index (χ4n) is 1.32. The van der Waals surface area contributed by atoms with Gasteiger partial charge >= 0.3 is 6.03 Å². The molecule has 0 aromatic carbocycles. The van der Waals surface area contributed by atoms with Crippen molar-refractivity contribution >= 4 is 17.6 Å². The Balaban J connectivity index is 2.29. The summed E-state index contributed by atoms with van der Waals surface area (Å²) in [7, 11) is 0. The van der Waals surface area contributed by atoms with E-state index in [4.69, 9.17) is 0 Å². The molecule has 1 aliphatic rings. The lowest BCUT2D eigenvalue weighted by atomic mass is 10.4. The number of hydrogen-bond acceptors (Lipinski definition) is 3. The number of carbonyl (C=O) groups is 2. The number of anilines is 1. The Labute approximate surface area is 80.5 Å². The van der Waals surface area contributed by atoms with Gasteiger partial charge in [-0.25, -0.2) is 9.69 Å². The Morgan fingerprint density at radius 2 is 2.36 bits per heavy atom. The summed E-state index contributed by atoms with van der Waals surface area (Å²) in [5, 5.41) is 6.44. The Bertz CT molecular complexity index is 368. The number of imide groups is 1. The zero-order chi connectivity index (χ0) is 10.1. The van der Waals surface area contributed by atoms with Crippen LogP contribution in [0.3, 0.4) is 0 Å². The van der Waals surface area contributed by atoms with Gasteiger partial charge < -0.3 is 5.32 Å². The summed E-state index contributed by atoms with van der Waals surface area (Å²) in [6, 6.07) is -0.384. The topological polar surface area (TPSA) is 67.2 Å². The number of amides is 3. The quantitative estimate of drug-likeness (QED) is 0.672. The van der Waals surface area contributed by atoms with Crippen molar-refractivity contribution in [1.82, 2.24) is 15.1 Å². The third-order valence-electron chi connectivity index (χ3n) is 2.05. The number of nitrogens with one attached hydrogen (secondary N) is 1. The van der Waals surface area contributed by atoms with E-state index in [2.05, 4.69) is 10.4 Å². The van der Waals surface area contributed by atoms with E-state index in [0.717, 1.165) is 4.90 Å². The van der Waals surface area contributed by atoms with Crippen LogP contribution in [0.15, 0.2) is 12.4 Å². The summed E-state index contributed by atoms with van der Waals surface area (Å²) in [5.41, 5.74) is 0.520. The van der Waals surface area contributed by atoms with E-state index >= 15 is 0 Å². The molecule has 1 N–H and O–H groups in total. The average Bonchev–Trinajstić information content (AvgIpc) is 2.73. The maximum atomic E-state index is 11.3. The molecule has 6 heteroatoms. The van der Waals surface area contributed by atoms with Crippen LogP contribution >= 0.6 is 0 Å². The first-order valence-corrected chi connectivity index (χ1v) is 4.35. The molecule has 2 rings (SSSR count). The predicted octanol–water partition coefficient (Wildman–Crippen LogP) is -0.0408. The van der Waals surface area contributed by atoms with Gasteiger partial charge in [0.2, 0.25) is 0 Å². The van der Waals surface area contributed by atoms with Crippen molar-refractivity contribution in [3.63, 3.8) is 0 Å². The average molecular weight is 194 g/mol. The third kappa shape index (κ3) is 1.24. The van der Waals surface area contributed by atoms with Crippen LogP contribution in [-0.2, 0) is 11.3 Å². The summed E-state index contributed by atoms with van der Waals surface area (Å²) in [6.07, 6.45) is 3.18. The van der Waals surface area contributed by atoms with Crippen molar-refractivity contribution in [2.24, 2.45) is 0 Å². The minimum Gasteiger partial charge on any atom is -0.328 e. The molecule has 74 valence electrons. The van der Waals surface area contributed by atoms with E-state index in [-0.39, 0.29) is 18.5 Å². The second-order valence-electron chi connectivity index (χ2n) is 2.94. The molecule has 0 atom stereocenters. The minimum absolute atomic E-state index is 0.0656. The highest BCUT2D eigenvalue weighted by atomic mass is 16.2. The van der Waals surface area contributed by atoms with Crippen LogP contribution in [0.2, 0.25) is 0 Å². The minimum atomic E-state index is -0.384. The summed E-state index contributed by atoms with van der Waals surface area (Å²) < 4.78 is 1.66. The smallest absolute Gasteiger partial charge is 0.328 e. The number of aryl methyl sites for hydroxylation is 1. The van der Waals surface area contributed by atoms with E-state index in [1.165, 1.54) is 6.20 Å². The second-order valence-corrected chi connectivity index (χ2v) is 2.94. The fraction of sp³-hybridized carbons (Fsp3) is 0.375. The van der Waals surface area contributed by atoms with Gasteiger partial charge in [-0.2, -0.15) is 5.10 Å². The van der Waals surface area contributed by atoms with Crippen molar-refractivity contribution in [1.29, 1.82) is 0 Å². The molecule has 1 aromatic heterocycles. The highest BCUT2D eigenvalue weighted by Crippen LogP contribution is 2.15. The zero-order valence-corrected chi connectivity index (χ0v) is 7.73. The maximum Gasteiger partial charge on any atom is 0.329 e. The molecule has 1 aliphatic heterocycles. The molecule has 0 radical (unpaired) electrons. The molecular formula is C8H10N4O2. The van der Waals surface area contributed by atoms with E-state index in [0.29, 0.717) is 12.2 Å². The zero-order valence-electron chi connectivity index (χ0n) is 7.73. The van der Waals surface area contributed by atoms with Gasteiger partial charge in [0, 0.05) is 12.7 Å². The van der Waals surface area contributed by atoms with Crippen LogP contribution in [0.5, 0.6) is 0 Å². The molecule has 0 spiro atoms. The summed E-state index contributed by atoms with van der Waals surface area (Å²) in [6.45, 7) is 2.71. The normalized spacial score (nSPS) is 16.2. The van der Waals surface area contributed by atoms with Crippen LogP contribution < -0.4 is 10.2 Å². The van der Waals surface area contributed by atoms with Crippen LogP contribution in [0.1, 0.15) is 6.92 Å². The molecule has 1 fully saturated rings. The Hall–Kier alpha value is -1.85. The van der Waals surface area contributed by atoms with Crippen LogP contribution in [0.25, 0.3) is 0 Å². The van der Waals surface area contributed by atoms with E-state index in [1.54, 1.807) is 10.9 Å². The first kappa shape index (κ1) is 8.74. The molecule has 3 amide bonds. The van der Waals surface area contributed by atoms with Gasteiger partial charge in [0.25, 0.3) is 5.91 Å². The monoisotopic (exact) mass is 194 g/mol. The Morgan fingerprint density at radius 3 is 2.86 bits per heavy atom. The van der Waals surface area contributed by atoms with Gasteiger partial charge in [0.05, 0.1) is 18.4 Å². The number of rotatable bonds is 2. The van der Waals surface area contributed by atoms with Gasteiger partial charge in [-0.1, -0.05) is 0 Å². The fourth-order valence-corrected chi connectivity index (χ4v) is 1.32. The molecule has 0 aliphatic carbocycles. The molecule has 0 bridgehead atoms. The van der Waals surface area contributed by atoms with E-state index in [1.807, 2.05) is 6.92 Å². The molecule has 0 saturated carbocycles. The highest BCUT2D eigenvalue weighted by molar-refractivity contribution is 6.19. The van der Waals surface area contributed by atoms with E-state index < -0.39 is 0 Å². The van der Waals surface area contributed by atoms with Gasteiger partial charge in [-0.05, 0) is 6.92 Å². The molecule has 1 aromatic rings. The maximum absolute atomic E-state index is 11.3. The van der Waals surface area contributed by atoms with Crippen molar-refractivity contribution in [3.05, 3.63) is 12.4 Å². The standard InChI is InChI=1S/C8H10N4O2/c1-2-11-5-6(3-10-11)12-7(13)4-9-8(12)14/h3,5H,2,4H2,1H3,(H,9,14). The van der Waals surface area contributed by atoms with Gasteiger partial charge in [0.15, 0.2) is 0 Å². The second kappa shape index (κ2) is 3.13.